The molecule has 0 unspecified atom stereocenters. The molecule has 0 N–H and O–H groups in total. The van der Waals surface area contributed by atoms with Gasteiger partial charge in [0.2, 0.25) is 11.8 Å². The molecular weight excluding hydrogens is 322 g/mol. The molecule has 1 aliphatic heterocycles. The minimum absolute atomic E-state index is 0.606. The van der Waals surface area contributed by atoms with Crippen molar-refractivity contribution in [3.05, 3.63) is 42.9 Å². The molecule has 1 saturated heterocycles. The van der Waals surface area contributed by atoms with Crippen LogP contribution in [0.2, 0.25) is 0 Å². The Kier molecular flexibility index (Phi) is 3.27. The van der Waals surface area contributed by atoms with Crippen LogP contribution in [0, 0.1) is 0 Å². The van der Waals surface area contributed by atoms with Gasteiger partial charge in [0.1, 0.15) is 5.69 Å². The van der Waals surface area contributed by atoms with E-state index < -0.39 is 0 Å². The zero-order valence-electron chi connectivity index (χ0n) is 13.3. The molecule has 0 radical (unpaired) electrons. The van der Waals surface area contributed by atoms with Gasteiger partial charge in [0.15, 0.2) is 17.2 Å². The van der Waals surface area contributed by atoms with Crippen LogP contribution in [0.25, 0.3) is 28.7 Å². The first-order valence-corrected chi connectivity index (χ1v) is 8.07. The summed E-state index contributed by atoms with van der Waals surface area (Å²) in [5.41, 5.74) is 1.39. The number of aromatic nitrogens is 4. The molecule has 8 nitrogen and oxygen atoms in total. The average molecular weight is 337 g/mol. The second-order valence-electron chi connectivity index (χ2n) is 5.70. The van der Waals surface area contributed by atoms with E-state index in [2.05, 4.69) is 15.0 Å². The predicted molar refractivity (Wildman–Crippen MR) is 89.2 cm³/mol. The highest BCUT2D eigenvalue weighted by Gasteiger charge is 2.20. The number of morpholine rings is 1. The predicted octanol–water partition coefficient (Wildman–Crippen LogP) is 2.48. The van der Waals surface area contributed by atoms with Gasteiger partial charge in [0.05, 0.1) is 25.7 Å². The average Bonchev–Trinajstić information content (AvgIpc) is 3.42. The molecule has 0 bridgehead atoms. The molecule has 0 saturated carbocycles. The number of furan rings is 2. The minimum Gasteiger partial charge on any atom is -0.463 e. The van der Waals surface area contributed by atoms with Crippen LogP contribution in [-0.2, 0) is 4.74 Å². The highest BCUT2D eigenvalue weighted by molar-refractivity contribution is 5.64. The van der Waals surface area contributed by atoms with Crippen molar-refractivity contribution in [3.63, 3.8) is 0 Å². The molecule has 0 spiro atoms. The van der Waals surface area contributed by atoms with Gasteiger partial charge in [-0.1, -0.05) is 0 Å². The van der Waals surface area contributed by atoms with E-state index in [1.807, 2.05) is 30.3 Å². The summed E-state index contributed by atoms with van der Waals surface area (Å²) in [6, 6.07) is 9.27. The summed E-state index contributed by atoms with van der Waals surface area (Å²) in [5.74, 6) is 2.57. The number of hydrogen-bond acceptors (Lipinski definition) is 7. The Bertz CT molecular complexity index is 985. The maximum Gasteiger partial charge on any atom is 0.229 e. The molecule has 5 rings (SSSR count). The Morgan fingerprint density at radius 3 is 2.40 bits per heavy atom. The van der Waals surface area contributed by atoms with Crippen molar-refractivity contribution in [3.8, 4) is 23.0 Å². The number of hydrogen-bond donors (Lipinski definition) is 0. The van der Waals surface area contributed by atoms with Gasteiger partial charge in [0, 0.05) is 19.2 Å². The SMILES string of the molecule is c1coc(-c2cc3nc(N4CCOCC4)nc(-c4ccco4)n3n2)c1. The zero-order chi connectivity index (χ0) is 16.6. The summed E-state index contributed by atoms with van der Waals surface area (Å²) in [5, 5.41) is 4.59. The van der Waals surface area contributed by atoms with E-state index >= 15 is 0 Å². The van der Waals surface area contributed by atoms with Gasteiger partial charge in [0.25, 0.3) is 0 Å². The second kappa shape index (κ2) is 5.75. The maximum atomic E-state index is 5.55. The summed E-state index contributed by atoms with van der Waals surface area (Å²) in [6.07, 6.45) is 3.24. The fourth-order valence-corrected chi connectivity index (χ4v) is 2.89. The third kappa shape index (κ3) is 2.47. The largest absolute Gasteiger partial charge is 0.463 e. The molecule has 0 atom stereocenters. The van der Waals surface area contributed by atoms with Crippen molar-refractivity contribution < 1.29 is 13.6 Å². The molecular formula is C17H15N5O3. The molecule has 1 fully saturated rings. The number of rotatable bonds is 3. The van der Waals surface area contributed by atoms with Crippen LogP contribution in [-0.4, -0.2) is 45.9 Å². The molecule has 5 heterocycles. The zero-order valence-corrected chi connectivity index (χ0v) is 13.3. The first-order chi connectivity index (χ1) is 12.4. The van der Waals surface area contributed by atoms with Crippen LogP contribution < -0.4 is 4.90 Å². The lowest BCUT2D eigenvalue weighted by Gasteiger charge is -2.26. The lowest BCUT2D eigenvalue weighted by molar-refractivity contribution is 0.122. The van der Waals surface area contributed by atoms with Crippen molar-refractivity contribution in [2.24, 2.45) is 0 Å². The van der Waals surface area contributed by atoms with Gasteiger partial charge in [-0.05, 0) is 24.3 Å². The van der Waals surface area contributed by atoms with Crippen LogP contribution in [0.15, 0.2) is 51.7 Å². The van der Waals surface area contributed by atoms with Crippen molar-refractivity contribution in [1.82, 2.24) is 19.6 Å². The molecule has 25 heavy (non-hydrogen) atoms. The molecule has 126 valence electrons. The number of nitrogens with zero attached hydrogens (tertiary/aromatic N) is 5. The van der Waals surface area contributed by atoms with E-state index in [-0.39, 0.29) is 0 Å². The standard InChI is InChI=1S/C17H15N5O3/c1-3-13(24-7-1)12-11-15-18-17(21-5-9-23-10-6-21)19-16(22(15)20-12)14-4-2-8-25-14/h1-4,7-8,11H,5-6,9-10H2. The van der Waals surface area contributed by atoms with E-state index in [0.717, 1.165) is 13.1 Å². The highest BCUT2D eigenvalue weighted by atomic mass is 16.5. The number of ether oxygens (including phenoxy) is 1. The summed E-state index contributed by atoms with van der Waals surface area (Å²) in [4.78, 5) is 11.5. The molecule has 4 aromatic rings. The van der Waals surface area contributed by atoms with Crippen LogP contribution in [0.1, 0.15) is 0 Å². The van der Waals surface area contributed by atoms with Gasteiger partial charge in [-0.3, -0.25) is 0 Å². The van der Waals surface area contributed by atoms with Crippen molar-refractivity contribution in [1.29, 1.82) is 0 Å². The first-order valence-electron chi connectivity index (χ1n) is 8.07. The number of anilines is 1. The Hall–Kier alpha value is -3.13. The quantitative estimate of drug-likeness (QED) is 0.568. The second-order valence-corrected chi connectivity index (χ2v) is 5.70. The normalized spacial score (nSPS) is 15.1. The van der Waals surface area contributed by atoms with Crippen LogP contribution in [0.4, 0.5) is 5.95 Å². The summed E-state index contributed by atoms with van der Waals surface area (Å²) in [6.45, 7) is 2.85. The van der Waals surface area contributed by atoms with E-state index in [1.54, 1.807) is 17.0 Å². The summed E-state index contributed by atoms with van der Waals surface area (Å²) >= 11 is 0. The molecule has 0 aliphatic carbocycles. The lowest BCUT2D eigenvalue weighted by Crippen LogP contribution is -2.37. The summed E-state index contributed by atoms with van der Waals surface area (Å²) < 4.78 is 18.1. The van der Waals surface area contributed by atoms with E-state index in [9.17, 15) is 0 Å². The topological polar surface area (TPSA) is 81.8 Å². The molecule has 0 amide bonds. The minimum atomic E-state index is 0.606. The summed E-state index contributed by atoms with van der Waals surface area (Å²) in [7, 11) is 0. The third-order valence-electron chi connectivity index (χ3n) is 4.12. The Morgan fingerprint density at radius 1 is 0.920 bits per heavy atom. The fourth-order valence-electron chi connectivity index (χ4n) is 2.89. The van der Waals surface area contributed by atoms with E-state index in [0.29, 0.717) is 47.8 Å². The Balaban J connectivity index is 1.69. The van der Waals surface area contributed by atoms with E-state index in [1.165, 1.54) is 0 Å². The van der Waals surface area contributed by atoms with Crippen LogP contribution >= 0.6 is 0 Å². The van der Waals surface area contributed by atoms with Gasteiger partial charge in [-0.25, -0.2) is 0 Å². The van der Waals surface area contributed by atoms with Gasteiger partial charge in [-0.15, -0.1) is 0 Å². The molecule has 8 heteroatoms. The highest BCUT2D eigenvalue weighted by Crippen LogP contribution is 2.26. The van der Waals surface area contributed by atoms with Gasteiger partial charge < -0.3 is 18.5 Å². The van der Waals surface area contributed by atoms with Gasteiger partial charge in [-0.2, -0.15) is 19.6 Å². The van der Waals surface area contributed by atoms with Crippen LogP contribution in [0.5, 0.6) is 0 Å². The Morgan fingerprint density at radius 2 is 1.68 bits per heavy atom. The Labute approximate surface area is 142 Å². The van der Waals surface area contributed by atoms with Crippen molar-refractivity contribution >= 4 is 11.6 Å². The van der Waals surface area contributed by atoms with Crippen LogP contribution in [0.3, 0.4) is 0 Å². The first kappa shape index (κ1) is 14.2. The lowest BCUT2D eigenvalue weighted by atomic mass is 10.3. The molecule has 0 aromatic carbocycles. The third-order valence-corrected chi connectivity index (χ3v) is 4.12. The van der Waals surface area contributed by atoms with E-state index in [4.69, 9.17) is 18.6 Å². The molecule has 4 aromatic heterocycles. The maximum absolute atomic E-state index is 5.55. The monoisotopic (exact) mass is 337 g/mol. The molecule has 1 aliphatic rings. The van der Waals surface area contributed by atoms with Crippen molar-refractivity contribution in [2.45, 2.75) is 0 Å². The smallest absolute Gasteiger partial charge is 0.229 e. The van der Waals surface area contributed by atoms with Gasteiger partial charge >= 0.3 is 0 Å². The fraction of sp³-hybridized carbons (Fsp3) is 0.235. The van der Waals surface area contributed by atoms with Crippen molar-refractivity contribution in [2.75, 3.05) is 31.2 Å². The number of fused-ring (bicyclic) bond motifs is 1.